The van der Waals surface area contributed by atoms with Crippen molar-refractivity contribution in [1.82, 2.24) is 14.7 Å². The molecule has 0 unspecified atom stereocenters. The second kappa shape index (κ2) is 7.43. The van der Waals surface area contributed by atoms with Gasteiger partial charge in [-0.1, -0.05) is 0 Å². The molecule has 154 valence electrons. The maximum absolute atomic E-state index is 12.5. The van der Waals surface area contributed by atoms with Gasteiger partial charge in [0.25, 0.3) is 10.0 Å². The highest BCUT2D eigenvalue weighted by atomic mass is 32.2. The first-order chi connectivity index (χ1) is 12.2. The summed E-state index contributed by atoms with van der Waals surface area (Å²) in [5, 5.41) is 9.11. The summed E-state index contributed by atoms with van der Waals surface area (Å²) in [6, 6.07) is 1.48. The van der Waals surface area contributed by atoms with Crippen molar-refractivity contribution in [3.63, 3.8) is 0 Å². The number of sulfonamides is 1. The highest BCUT2D eigenvalue weighted by Gasteiger charge is 2.42. The Hall–Kier alpha value is -1.61. The van der Waals surface area contributed by atoms with Crippen molar-refractivity contribution in [2.24, 2.45) is 11.1 Å². The number of primary sulfonamides is 1. The van der Waals surface area contributed by atoms with Gasteiger partial charge in [-0.25, -0.2) is 18.4 Å². The Morgan fingerprint density at radius 1 is 1.41 bits per heavy atom. The summed E-state index contributed by atoms with van der Waals surface area (Å²) in [6.45, 7) is 12.8. The summed E-state index contributed by atoms with van der Waals surface area (Å²) in [7, 11) is -3.78. The topological polar surface area (TPSA) is 108 Å². The maximum atomic E-state index is 12.5. The minimum atomic E-state index is -3.78. The van der Waals surface area contributed by atoms with Crippen molar-refractivity contribution >= 4 is 16.1 Å². The van der Waals surface area contributed by atoms with Crippen molar-refractivity contribution in [2.45, 2.75) is 83.5 Å². The number of aromatic nitrogens is 2. The Bertz CT molecular complexity index is 793. The number of ether oxygens (including phenoxy) is 1. The monoisotopic (exact) mass is 400 g/mol. The number of carbonyl (C=O) groups excluding carboxylic acids is 1. The summed E-state index contributed by atoms with van der Waals surface area (Å²) < 4.78 is 30.0. The number of carbonyl (C=O) groups is 1. The van der Waals surface area contributed by atoms with Gasteiger partial charge >= 0.3 is 6.09 Å². The van der Waals surface area contributed by atoms with E-state index in [0.29, 0.717) is 19.0 Å². The van der Waals surface area contributed by atoms with Gasteiger partial charge in [-0.2, -0.15) is 5.10 Å². The summed E-state index contributed by atoms with van der Waals surface area (Å²) in [5.41, 5.74) is 0.0143. The first-order valence-corrected chi connectivity index (χ1v) is 10.8. The van der Waals surface area contributed by atoms with Crippen LogP contribution >= 0.6 is 0 Å². The lowest BCUT2D eigenvalue weighted by molar-refractivity contribution is 0.0131. The lowest BCUT2D eigenvalue weighted by Crippen LogP contribution is -2.45. The predicted molar refractivity (Wildman–Crippen MR) is 103 cm³/mol. The molecule has 1 atom stereocenters. The molecule has 2 N–H and O–H groups in total. The molecule has 27 heavy (non-hydrogen) atoms. The third kappa shape index (κ3) is 5.68. The number of hydrogen-bond donors (Lipinski definition) is 1. The van der Waals surface area contributed by atoms with Crippen LogP contribution in [0.3, 0.4) is 0 Å². The van der Waals surface area contributed by atoms with Gasteiger partial charge in [0.2, 0.25) is 0 Å². The number of likely N-dealkylation sites (tertiary alicyclic amines) is 1. The van der Waals surface area contributed by atoms with Gasteiger partial charge in [0.1, 0.15) is 5.60 Å². The Kier molecular flexibility index (Phi) is 5.96. The number of rotatable bonds is 5. The molecule has 8 nitrogen and oxygen atoms in total. The molecule has 1 aliphatic heterocycles. The lowest BCUT2D eigenvalue weighted by Gasteiger charge is -2.33. The summed E-state index contributed by atoms with van der Waals surface area (Å²) in [4.78, 5) is 14.3. The van der Waals surface area contributed by atoms with Crippen molar-refractivity contribution in [2.75, 3.05) is 6.54 Å². The Labute approximate surface area is 162 Å². The normalized spacial score (nSPS) is 20.1. The van der Waals surface area contributed by atoms with E-state index in [1.807, 2.05) is 32.6 Å². The number of nitrogens with zero attached hydrogens (tertiary/aromatic N) is 3. The van der Waals surface area contributed by atoms with Gasteiger partial charge in [0, 0.05) is 24.3 Å². The van der Waals surface area contributed by atoms with Crippen LogP contribution in [0.5, 0.6) is 0 Å². The van der Waals surface area contributed by atoms with Crippen molar-refractivity contribution in [3.05, 3.63) is 11.8 Å². The zero-order valence-electron chi connectivity index (χ0n) is 17.2. The fourth-order valence-electron chi connectivity index (χ4n) is 3.59. The Morgan fingerprint density at radius 2 is 2.04 bits per heavy atom. The van der Waals surface area contributed by atoms with Gasteiger partial charge in [-0.3, -0.25) is 4.68 Å². The fourth-order valence-corrected chi connectivity index (χ4v) is 4.14. The SMILES string of the molecule is Cc1cc(S(N)(=O)=O)nn1CCC[C@@H]1CN(C(=O)OC(C)(C)C)C(C)(C)C1. The quantitative estimate of drug-likeness (QED) is 0.817. The first-order valence-electron chi connectivity index (χ1n) is 9.27. The van der Waals surface area contributed by atoms with E-state index in [1.54, 1.807) is 4.68 Å². The molecule has 0 saturated carbocycles. The highest BCUT2D eigenvalue weighted by molar-refractivity contribution is 7.89. The van der Waals surface area contributed by atoms with Gasteiger partial charge in [-0.15, -0.1) is 0 Å². The van der Waals surface area contributed by atoms with Crippen LogP contribution in [0.25, 0.3) is 0 Å². The second-order valence-electron chi connectivity index (χ2n) is 9.01. The summed E-state index contributed by atoms with van der Waals surface area (Å²) in [6.07, 6.45) is 2.41. The lowest BCUT2D eigenvalue weighted by atomic mass is 9.93. The smallest absolute Gasteiger partial charge is 0.410 e. The number of aryl methyl sites for hydroxylation is 2. The first kappa shape index (κ1) is 21.7. The van der Waals surface area contributed by atoms with Crippen LogP contribution in [0.15, 0.2) is 11.1 Å². The molecule has 2 heterocycles. The van der Waals surface area contributed by atoms with E-state index >= 15 is 0 Å². The summed E-state index contributed by atoms with van der Waals surface area (Å²) >= 11 is 0. The molecule has 2 rings (SSSR count). The zero-order valence-corrected chi connectivity index (χ0v) is 18.0. The van der Waals surface area contributed by atoms with Crippen molar-refractivity contribution in [1.29, 1.82) is 0 Å². The molecule has 9 heteroatoms. The molecule has 1 aliphatic rings. The molecule has 1 aromatic heterocycles. The third-order valence-electron chi connectivity index (χ3n) is 4.81. The van der Waals surface area contributed by atoms with E-state index in [-0.39, 0.29) is 16.7 Å². The zero-order chi connectivity index (χ0) is 20.6. The molecule has 0 radical (unpaired) electrons. The highest BCUT2D eigenvalue weighted by Crippen LogP contribution is 2.36. The van der Waals surface area contributed by atoms with Gasteiger partial charge in [0.15, 0.2) is 5.03 Å². The average molecular weight is 401 g/mol. The largest absolute Gasteiger partial charge is 0.444 e. The minimum Gasteiger partial charge on any atom is -0.444 e. The molecule has 0 aromatic carbocycles. The molecule has 1 amide bonds. The maximum Gasteiger partial charge on any atom is 0.410 e. The molecule has 1 saturated heterocycles. The van der Waals surface area contributed by atoms with Crippen LogP contribution in [-0.4, -0.2) is 46.9 Å². The van der Waals surface area contributed by atoms with E-state index in [2.05, 4.69) is 18.9 Å². The minimum absolute atomic E-state index is 0.0990. The van der Waals surface area contributed by atoms with Gasteiger partial charge in [-0.05, 0) is 72.8 Å². The van der Waals surface area contributed by atoms with E-state index in [0.717, 1.165) is 25.0 Å². The number of hydrogen-bond acceptors (Lipinski definition) is 5. The van der Waals surface area contributed by atoms with E-state index in [9.17, 15) is 13.2 Å². The molecule has 0 spiro atoms. The van der Waals surface area contributed by atoms with Crippen LogP contribution in [0.4, 0.5) is 4.79 Å². The Balaban J connectivity index is 1.92. The van der Waals surface area contributed by atoms with Crippen LogP contribution in [0.1, 0.15) is 59.6 Å². The third-order valence-corrected chi connectivity index (χ3v) is 5.59. The van der Waals surface area contributed by atoms with Gasteiger partial charge in [0.05, 0.1) is 0 Å². The molecule has 1 aromatic rings. The van der Waals surface area contributed by atoms with E-state index in [4.69, 9.17) is 9.88 Å². The summed E-state index contributed by atoms with van der Waals surface area (Å²) in [5.74, 6) is 0.376. The standard InChI is InChI=1S/C18H32N4O4S/c1-13-10-15(27(19,24)25)20-22(13)9-7-8-14-11-18(5,6)21(12-14)16(23)26-17(2,3)4/h10,14H,7-9,11-12H2,1-6H3,(H2,19,24,25)/t14-/m0/s1. The van der Waals surface area contributed by atoms with Crippen LogP contribution < -0.4 is 5.14 Å². The number of nitrogens with two attached hydrogens (primary N) is 1. The average Bonchev–Trinajstić information content (AvgIpc) is 2.97. The van der Waals surface area contributed by atoms with Crippen LogP contribution in [0.2, 0.25) is 0 Å². The predicted octanol–water partition coefficient (Wildman–Crippen LogP) is 2.65. The number of amides is 1. The molecule has 0 bridgehead atoms. The molecule has 1 fully saturated rings. The van der Waals surface area contributed by atoms with E-state index < -0.39 is 15.6 Å². The van der Waals surface area contributed by atoms with E-state index in [1.165, 1.54) is 6.07 Å². The Morgan fingerprint density at radius 3 is 2.56 bits per heavy atom. The molecular weight excluding hydrogens is 368 g/mol. The molecular formula is C18H32N4O4S. The van der Waals surface area contributed by atoms with Crippen molar-refractivity contribution < 1.29 is 17.9 Å². The fraction of sp³-hybridized carbons (Fsp3) is 0.778. The molecule has 0 aliphatic carbocycles. The second-order valence-corrected chi connectivity index (χ2v) is 10.5. The van der Waals surface area contributed by atoms with Crippen LogP contribution in [0, 0.1) is 12.8 Å². The van der Waals surface area contributed by atoms with Crippen LogP contribution in [-0.2, 0) is 21.3 Å². The van der Waals surface area contributed by atoms with Crippen molar-refractivity contribution in [3.8, 4) is 0 Å². The van der Waals surface area contributed by atoms with Gasteiger partial charge < -0.3 is 9.64 Å².